The van der Waals surface area contributed by atoms with Crippen LogP contribution in [0.25, 0.3) is 0 Å². The zero-order valence-corrected chi connectivity index (χ0v) is 19.9. The monoisotopic (exact) mass is 446 g/mol. The second kappa shape index (κ2) is 8.91. The summed E-state index contributed by atoms with van der Waals surface area (Å²) < 4.78 is 34.6. The Bertz CT molecular complexity index is 778. The van der Waals surface area contributed by atoms with E-state index in [2.05, 4.69) is 39.0 Å². The Morgan fingerprint density at radius 2 is 1.75 bits per heavy atom. The van der Waals surface area contributed by atoms with Crippen LogP contribution in [-0.2, 0) is 14.4 Å². The molecular weight excluding hydrogens is 416 g/mol. The van der Waals surface area contributed by atoms with Crippen LogP contribution in [0.5, 0.6) is 0 Å². The highest BCUT2D eigenvalue weighted by Crippen LogP contribution is 2.38. The van der Waals surface area contributed by atoms with Crippen LogP contribution < -0.4 is 0 Å². The van der Waals surface area contributed by atoms with Crippen LogP contribution >= 0.6 is 11.6 Å². The Labute approximate surface area is 174 Å². The predicted molar refractivity (Wildman–Crippen MR) is 116 cm³/mol. The molecule has 0 aliphatic carbocycles. The van der Waals surface area contributed by atoms with Crippen molar-refractivity contribution in [2.24, 2.45) is 5.18 Å². The Morgan fingerprint density at radius 1 is 1.18 bits per heavy atom. The van der Waals surface area contributed by atoms with E-state index in [0.717, 1.165) is 6.42 Å². The molecule has 0 saturated carbocycles. The lowest BCUT2D eigenvalue weighted by molar-refractivity contribution is 0.122. The summed E-state index contributed by atoms with van der Waals surface area (Å²) in [7, 11) is -5.82. The van der Waals surface area contributed by atoms with E-state index in [9.17, 15) is 13.3 Å². The molecule has 0 amide bonds. The number of nitrogens with zero attached hydrogens (tertiary/aromatic N) is 2. The molecular formula is C19H31ClN2O4SSi. The topological polar surface area (TPSA) is 76.0 Å². The SMILES string of the molecule is CC(C)(C)[Si](C)(C)OCC1CCCC(CN=O)N1S(=O)(=O)c1ccc(Cl)cc1. The van der Waals surface area contributed by atoms with Crippen molar-refractivity contribution in [1.29, 1.82) is 0 Å². The molecule has 9 heteroatoms. The van der Waals surface area contributed by atoms with Crippen LogP contribution in [-0.4, -0.2) is 46.3 Å². The van der Waals surface area contributed by atoms with Gasteiger partial charge in [0.05, 0.1) is 18.0 Å². The van der Waals surface area contributed by atoms with Crippen LogP contribution in [0.15, 0.2) is 34.3 Å². The molecule has 28 heavy (non-hydrogen) atoms. The molecule has 0 aromatic heterocycles. The highest BCUT2D eigenvalue weighted by Gasteiger charge is 2.43. The molecule has 1 aliphatic heterocycles. The third-order valence-corrected chi connectivity index (χ3v) is 12.7. The normalized spacial score (nSPS) is 22.2. The van der Waals surface area contributed by atoms with Crippen LogP contribution in [0, 0.1) is 4.91 Å². The maximum atomic E-state index is 13.4. The quantitative estimate of drug-likeness (QED) is 0.434. The molecule has 2 rings (SSSR count). The number of benzene rings is 1. The van der Waals surface area contributed by atoms with Crippen molar-refractivity contribution < 1.29 is 12.8 Å². The van der Waals surface area contributed by atoms with Crippen molar-refractivity contribution >= 4 is 29.9 Å². The summed E-state index contributed by atoms with van der Waals surface area (Å²) in [4.78, 5) is 11.1. The van der Waals surface area contributed by atoms with Crippen molar-refractivity contribution in [3.63, 3.8) is 0 Å². The second-order valence-electron chi connectivity index (χ2n) is 8.91. The van der Waals surface area contributed by atoms with Crippen LogP contribution in [0.4, 0.5) is 0 Å². The molecule has 2 unspecified atom stereocenters. The number of sulfonamides is 1. The van der Waals surface area contributed by atoms with Crippen molar-refractivity contribution in [3.8, 4) is 0 Å². The standard InChI is InChI=1S/C19H31ClN2O4SSi/c1-19(2,3)28(4,5)26-14-17-8-6-7-16(13-21-23)22(17)27(24,25)18-11-9-15(20)10-12-18/h9-12,16-17H,6-8,13-14H2,1-5H3. The average molecular weight is 447 g/mol. The molecule has 0 radical (unpaired) electrons. The fourth-order valence-corrected chi connectivity index (χ4v) is 6.21. The van der Waals surface area contributed by atoms with E-state index in [1.54, 1.807) is 12.1 Å². The average Bonchev–Trinajstić information content (AvgIpc) is 2.59. The van der Waals surface area contributed by atoms with Gasteiger partial charge in [0.1, 0.15) is 0 Å². The van der Waals surface area contributed by atoms with Gasteiger partial charge in [-0.05, 0) is 55.2 Å². The van der Waals surface area contributed by atoms with Crippen molar-refractivity contribution in [1.82, 2.24) is 4.31 Å². The zero-order chi connectivity index (χ0) is 21.2. The largest absolute Gasteiger partial charge is 0.415 e. The van der Waals surface area contributed by atoms with Gasteiger partial charge in [0, 0.05) is 17.1 Å². The first-order chi connectivity index (χ1) is 12.9. The molecule has 1 aliphatic rings. The second-order valence-corrected chi connectivity index (χ2v) is 16.0. The molecule has 0 N–H and O–H groups in total. The van der Waals surface area contributed by atoms with E-state index >= 15 is 0 Å². The third-order valence-electron chi connectivity index (χ3n) is 5.91. The summed E-state index contributed by atoms with van der Waals surface area (Å²) in [5, 5.41) is 3.51. The van der Waals surface area contributed by atoms with Crippen molar-refractivity contribution in [3.05, 3.63) is 34.2 Å². The van der Waals surface area contributed by atoms with Crippen LogP contribution in [0.3, 0.4) is 0 Å². The summed E-state index contributed by atoms with van der Waals surface area (Å²) in [5.74, 6) is 0. The molecule has 1 aromatic carbocycles. The molecule has 1 saturated heterocycles. The fourth-order valence-electron chi connectivity index (χ4n) is 3.20. The van der Waals surface area contributed by atoms with Crippen molar-refractivity contribution in [2.75, 3.05) is 13.2 Å². The molecule has 1 heterocycles. The zero-order valence-electron chi connectivity index (χ0n) is 17.3. The minimum atomic E-state index is -3.79. The fraction of sp³-hybridized carbons (Fsp3) is 0.684. The molecule has 6 nitrogen and oxygen atoms in total. The van der Waals surface area contributed by atoms with Gasteiger partial charge in [0.15, 0.2) is 8.32 Å². The van der Waals surface area contributed by atoms with Gasteiger partial charge in [0.25, 0.3) is 0 Å². The van der Waals surface area contributed by atoms with E-state index < -0.39 is 24.4 Å². The van der Waals surface area contributed by atoms with Gasteiger partial charge < -0.3 is 4.43 Å². The predicted octanol–water partition coefficient (Wildman–Crippen LogP) is 5.04. The first-order valence-electron chi connectivity index (χ1n) is 9.62. The Kier molecular flexibility index (Phi) is 7.47. The summed E-state index contributed by atoms with van der Waals surface area (Å²) in [6.07, 6.45) is 2.17. The molecule has 0 spiro atoms. The Hall–Kier alpha value is -0.803. The van der Waals surface area contributed by atoms with E-state index in [0.29, 0.717) is 24.5 Å². The minimum Gasteiger partial charge on any atom is -0.415 e. The summed E-state index contributed by atoms with van der Waals surface area (Å²) in [6, 6.07) is 5.38. The Morgan fingerprint density at radius 3 is 2.29 bits per heavy atom. The molecule has 2 atom stereocenters. The van der Waals surface area contributed by atoms with Crippen molar-refractivity contribution in [2.45, 2.75) is 75.1 Å². The van der Waals surface area contributed by atoms with E-state index in [4.69, 9.17) is 16.0 Å². The summed E-state index contributed by atoms with van der Waals surface area (Å²) in [5.41, 5.74) is 0. The lowest BCUT2D eigenvalue weighted by Gasteiger charge is -2.43. The number of nitroso groups, excluding NO2 is 1. The van der Waals surface area contributed by atoms with E-state index in [1.807, 2.05) is 0 Å². The smallest absolute Gasteiger partial charge is 0.243 e. The number of halogens is 1. The lowest BCUT2D eigenvalue weighted by atomic mass is 9.99. The molecule has 1 aromatic rings. The first kappa shape index (κ1) is 23.5. The highest BCUT2D eigenvalue weighted by atomic mass is 35.5. The number of piperidine rings is 1. The van der Waals surface area contributed by atoms with Gasteiger partial charge in [-0.25, -0.2) is 8.42 Å². The van der Waals surface area contributed by atoms with Gasteiger partial charge in [-0.1, -0.05) is 44.0 Å². The van der Waals surface area contributed by atoms with Gasteiger partial charge >= 0.3 is 0 Å². The van der Waals surface area contributed by atoms with Crippen LogP contribution in [0.2, 0.25) is 23.2 Å². The van der Waals surface area contributed by atoms with Gasteiger partial charge in [-0.15, -0.1) is 0 Å². The molecule has 1 fully saturated rings. The third kappa shape index (κ3) is 5.21. The van der Waals surface area contributed by atoms with Gasteiger partial charge in [0.2, 0.25) is 10.0 Å². The maximum absolute atomic E-state index is 13.4. The van der Waals surface area contributed by atoms with Gasteiger partial charge in [-0.2, -0.15) is 9.21 Å². The number of hydrogen-bond acceptors (Lipinski definition) is 5. The van der Waals surface area contributed by atoms with Gasteiger partial charge in [-0.3, -0.25) is 0 Å². The molecule has 158 valence electrons. The molecule has 0 bridgehead atoms. The van der Waals surface area contributed by atoms with Crippen LogP contribution in [0.1, 0.15) is 40.0 Å². The number of rotatable bonds is 7. The Balaban J connectivity index is 2.34. The van der Waals surface area contributed by atoms with E-state index in [-0.39, 0.29) is 22.5 Å². The summed E-state index contributed by atoms with van der Waals surface area (Å²) in [6.45, 7) is 11.0. The summed E-state index contributed by atoms with van der Waals surface area (Å²) >= 11 is 5.92. The highest BCUT2D eigenvalue weighted by molar-refractivity contribution is 7.89. The minimum absolute atomic E-state index is 0.0330. The lowest BCUT2D eigenvalue weighted by Crippen LogP contribution is -2.54. The number of hydrogen-bond donors (Lipinski definition) is 0. The maximum Gasteiger partial charge on any atom is 0.243 e. The van der Waals surface area contributed by atoms with E-state index in [1.165, 1.54) is 16.4 Å². The first-order valence-corrected chi connectivity index (χ1v) is 14.3.